The van der Waals surface area contributed by atoms with E-state index in [1.54, 1.807) is 12.1 Å². The molecule has 23 heavy (non-hydrogen) atoms. The van der Waals surface area contributed by atoms with E-state index >= 15 is 0 Å². The maximum atomic E-state index is 12.3. The molecule has 0 fully saturated rings. The summed E-state index contributed by atoms with van der Waals surface area (Å²) in [6, 6.07) is 10.3. The lowest BCUT2D eigenvalue weighted by Crippen LogP contribution is -2.13. The first-order valence-electron chi connectivity index (χ1n) is 6.99. The van der Waals surface area contributed by atoms with Gasteiger partial charge >= 0.3 is 0 Å². The van der Waals surface area contributed by atoms with E-state index < -0.39 is 14.9 Å². The Morgan fingerprint density at radius 3 is 2.39 bits per heavy atom. The van der Waals surface area contributed by atoms with Gasteiger partial charge in [0.2, 0.25) is 0 Å². The van der Waals surface area contributed by atoms with Crippen LogP contribution < -0.4 is 10.5 Å². The van der Waals surface area contributed by atoms with Crippen LogP contribution in [0, 0.1) is 10.1 Å². The number of hydrogen-bond donors (Lipinski definition) is 2. The van der Waals surface area contributed by atoms with Gasteiger partial charge in [0.15, 0.2) is 0 Å². The first-order valence-corrected chi connectivity index (χ1v) is 8.47. The molecule has 3 N–H and O–H groups in total. The number of nitrogens with one attached hydrogen (secondary N) is 1. The molecule has 0 bridgehead atoms. The molecule has 122 valence electrons. The Morgan fingerprint density at radius 1 is 1.17 bits per heavy atom. The molecule has 2 aromatic rings. The van der Waals surface area contributed by atoms with Crippen molar-refractivity contribution in [2.75, 3.05) is 10.5 Å². The van der Waals surface area contributed by atoms with E-state index in [1.165, 1.54) is 24.3 Å². The molecule has 0 aliphatic carbocycles. The van der Waals surface area contributed by atoms with Gasteiger partial charge in [0.1, 0.15) is 5.69 Å². The Morgan fingerprint density at radius 2 is 1.83 bits per heavy atom. The molecule has 0 amide bonds. The summed E-state index contributed by atoms with van der Waals surface area (Å²) < 4.78 is 27.0. The van der Waals surface area contributed by atoms with Crippen molar-refractivity contribution in [3.8, 4) is 0 Å². The summed E-state index contributed by atoms with van der Waals surface area (Å²) in [4.78, 5) is 10.3. The number of nitrogens with zero attached hydrogens (tertiary/aromatic N) is 1. The molecule has 0 aliphatic rings. The number of anilines is 2. The molecule has 0 unspecified atom stereocenters. The highest BCUT2D eigenvalue weighted by molar-refractivity contribution is 7.92. The van der Waals surface area contributed by atoms with E-state index in [9.17, 15) is 18.5 Å². The van der Waals surface area contributed by atoms with Crippen LogP contribution >= 0.6 is 0 Å². The Bertz CT molecular complexity index is 817. The van der Waals surface area contributed by atoms with Gasteiger partial charge < -0.3 is 5.73 Å². The molecule has 0 heterocycles. The first-order chi connectivity index (χ1) is 10.8. The lowest BCUT2D eigenvalue weighted by Gasteiger charge is -2.09. The summed E-state index contributed by atoms with van der Waals surface area (Å²) >= 11 is 0. The first kappa shape index (κ1) is 16.8. The number of nitro groups is 1. The van der Waals surface area contributed by atoms with Crippen LogP contribution in [0.5, 0.6) is 0 Å². The number of sulfonamides is 1. The average Bonchev–Trinajstić information content (AvgIpc) is 2.49. The molecule has 0 atom stereocenters. The Labute approximate surface area is 134 Å². The van der Waals surface area contributed by atoms with Gasteiger partial charge in [-0.3, -0.25) is 14.8 Å². The summed E-state index contributed by atoms with van der Waals surface area (Å²) in [5, 5.41) is 10.9. The molecule has 7 nitrogen and oxygen atoms in total. The van der Waals surface area contributed by atoms with Crippen LogP contribution in [-0.2, 0) is 16.4 Å². The highest BCUT2D eigenvalue weighted by Gasteiger charge is 2.17. The number of benzene rings is 2. The zero-order chi connectivity index (χ0) is 17.0. The van der Waals surface area contributed by atoms with Crippen LogP contribution in [0.15, 0.2) is 47.4 Å². The lowest BCUT2D eigenvalue weighted by atomic mass is 10.1. The van der Waals surface area contributed by atoms with E-state index in [0.29, 0.717) is 0 Å². The predicted molar refractivity (Wildman–Crippen MR) is 88.8 cm³/mol. The summed E-state index contributed by atoms with van der Waals surface area (Å²) in [6.45, 7) is 2.04. The maximum absolute atomic E-state index is 12.3. The fourth-order valence-electron chi connectivity index (χ4n) is 2.10. The van der Waals surface area contributed by atoms with Gasteiger partial charge in [-0.25, -0.2) is 8.42 Å². The van der Waals surface area contributed by atoms with Crippen molar-refractivity contribution in [3.05, 3.63) is 58.1 Å². The number of nitrogen functional groups attached to an aromatic ring is 1. The molecule has 8 heteroatoms. The van der Waals surface area contributed by atoms with Crippen molar-refractivity contribution in [1.29, 1.82) is 0 Å². The van der Waals surface area contributed by atoms with E-state index in [2.05, 4.69) is 4.72 Å². The minimum Gasteiger partial charge on any atom is -0.393 e. The van der Waals surface area contributed by atoms with Gasteiger partial charge in [0.25, 0.3) is 15.7 Å². The fraction of sp³-hybridized carbons (Fsp3) is 0.200. The van der Waals surface area contributed by atoms with Gasteiger partial charge in [0, 0.05) is 6.07 Å². The van der Waals surface area contributed by atoms with Gasteiger partial charge in [-0.2, -0.15) is 0 Å². The predicted octanol–water partition coefficient (Wildman–Crippen LogP) is 2.93. The van der Waals surface area contributed by atoms with E-state index in [1.807, 2.05) is 6.92 Å². The number of nitrogens with two attached hydrogens (primary N) is 1. The van der Waals surface area contributed by atoms with Gasteiger partial charge in [-0.05, 0) is 36.2 Å². The van der Waals surface area contributed by atoms with E-state index in [0.717, 1.165) is 24.5 Å². The minimum absolute atomic E-state index is 0.0260. The maximum Gasteiger partial charge on any atom is 0.294 e. The molecule has 2 aromatic carbocycles. The normalized spacial score (nSPS) is 11.2. The molecule has 0 saturated carbocycles. The summed E-state index contributed by atoms with van der Waals surface area (Å²) in [5.41, 5.74) is 6.26. The van der Waals surface area contributed by atoms with Crippen molar-refractivity contribution < 1.29 is 13.3 Å². The highest BCUT2D eigenvalue weighted by Crippen LogP contribution is 2.26. The van der Waals surface area contributed by atoms with E-state index in [-0.39, 0.29) is 22.0 Å². The number of aryl methyl sites for hydroxylation is 1. The Balaban J connectivity index is 2.27. The second-order valence-corrected chi connectivity index (χ2v) is 6.71. The molecule has 0 radical (unpaired) electrons. The topological polar surface area (TPSA) is 115 Å². The van der Waals surface area contributed by atoms with Crippen LogP contribution in [0.3, 0.4) is 0 Å². The van der Waals surface area contributed by atoms with Gasteiger partial charge in [-0.1, -0.05) is 25.5 Å². The van der Waals surface area contributed by atoms with Crippen LogP contribution in [-0.4, -0.2) is 13.3 Å². The van der Waals surface area contributed by atoms with Crippen LogP contribution in [0.4, 0.5) is 17.1 Å². The molecule has 0 saturated heterocycles. The fourth-order valence-corrected chi connectivity index (χ4v) is 3.15. The van der Waals surface area contributed by atoms with Gasteiger partial charge in [0.05, 0.1) is 15.5 Å². The quantitative estimate of drug-likeness (QED) is 0.478. The van der Waals surface area contributed by atoms with Gasteiger partial charge in [-0.15, -0.1) is 0 Å². The number of rotatable bonds is 6. The lowest BCUT2D eigenvalue weighted by molar-refractivity contribution is -0.383. The van der Waals surface area contributed by atoms with Crippen LogP contribution in [0.2, 0.25) is 0 Å². The Kier molecular flexibility index (Phi) is 4.85. The highest BCUT2D eigenvalue weighted by atomic mass is 32.2. The third-order valence-electron chi connectivity index (χ3n) is 3.25. The molecule has 0 spiro atoms. The van der Waals surface area contributed by atoms with Crippen molar-refractivity contribution in [2.45, 2.75) is 24.7 Å². The smallest absolute Gasteiger partial charge is 0.294 e. The average molecular weight is 335 g/mol. The zero-order valence-corrected chi connectivity index (χ0v) is 13.3. The third kappa shape index (κ3) is 3.98. The number of hydrogen-bond acceptors (Lipinski definition) is 5. The monoisotopic (exact) mass is 335 g/mol. The van der Waals surface area contributed by atoms with Crippen LogP contribution in [0.1, 0.15) is 18.9 Å². The zero-order valence-electron chi connectivity index (χ0n) is 12.5. The second-order valence-electron chi connectivity index (χ2n) is 5.03. The molecule has 0 aromatic heterocycles. The number of nitro benzene ring substituents is 1. The second kappa shape index (κ2) is 6.66. The van der Waals surface area contributed by atoms with Crippen molar-refractivity contribution >= 4 is 27.1 Å². The van der Waals surface area contributed by atoms with E-state index in [4.69, 9.17) is 5.73 Å². The standard InChI is InChI=1S/C15H17N3O4S/c1-2-3-11-4-7-13(8-5-11)23(21,22)17-12-6-9-14(16)15(10-12)18(19)20/h4-10,17H,2-3,16H2,1H3. The van der Waals surface area contributed by atoms with Crippen molar-refractivity contribution in [1.82, 2.24) is 0 Å². The minimum atomic E-state index is -3.81. The molecule has 2 rings (SSSR count). The largest absolute Gasteiger partial charge is 0.393 e. The summed E-state index contributed by atoms with van der Waals surface area (Å²) in [6.07, 6.45) is 1.84. The van der Waals surface area contributed by atoms with Crippen LogP contribution in [0.25, 0.3) is 0 Å². The molecule has 0 aliphatic heterocycles. The third-order valence-corrected chi connectivity index (χ3v) is 4.65. The Hall–Kier alpha value is -2.61. The SMILES string of the molecule is CCCc1ccc(S(=O)(=O)Nc2ccc(N)c([N+](=O)[O-])c2)cc1. The molecular weight excluding hydrogens is 318 g/mol. The summed E-state index contributed by atoms with van der Waals surface area (Å²) in [5.74, 6) is 0. The molecular formula is C15H17N3O4S. The van der Waals surface area contributed by atoms with Crippen molar-refractivity contribution in [3.63, 3.8) is 0 Å². The van der Waals surface area contributed by atoms with Crippen molar-refractivity contribution in [2.24, 2.45) is 0 Å². The summed E-state index contributed by atoms with van der Waals surface area (Å²) in [7, 11) is -3.81.